The first-order chi connectivity index (χ1) is 13.2. The van der Waals surface area contributed by atoms with E-state index in [4.69, 9.17) is 16.8 Å². The van der Waals surface area contributed by atoms with E-state index in [1.807, 2.05) is 4.72 Å². The number of carbonyl (C=O) groups is 2. The summed E-state index contributed by atoms with van der Waals surface area (Å²) in [6.07, 6.45) is 0. The fourth-order valence-corrected chi connectivity index (χ4v) is 3.53. The number of hydrogen-bond acceptors (Lipinski definition) is 5. The molecule has 0 fully saturated rings. The van der Waals surface area contributed by atoms with E-state index in [9.17, 15) is 18.0 Å². The average molecular weight is 426 g/mol. The summed E-state index contributed by atoms with van der Waals surface area (Å²) in [5.41, 5.74) is 2.82. The van der Waals surface area contributed by atoms with Gasteiger partial charge >= 0.3 is 6.03 Å². The topological polar surface area (TPSA) is 116 Å². The van der Waals surface area contributed by atoms with Gasteiger partial charge < -0.3 is 4.90 Å². The van der Waals surface area contributed by atoms with Gasteiger partial charge in [0.2, 0.25) is 0 Å². The van der Waals surface area contributed by atoms with Crippen molar-refractivity contribution in [3.63, 3.8) is 0 Å². The van der Waals surface area contributed by atoms with E-state index in [1.165, 1.54) is 24.5 Å². The van der Waals surface area contributed by atoms with E-state index < -0.39 is 28.0 Å². The summed E-state index contributed by atoms with van der Waals surface area (Å²) in [5, 5.41) is 9.24. The van der Waals surface area contributed by atoms with Crippen LogP contribution in [0.25, 0.3) is 0 Å². The van der Waals surface area contributed by atoms with Crippen LogP contribution in [-0.4, -0.2) is 36.5 Å². The van der Waals surface area contributed by atoms with Gasteiger partial charge in [-0.05, 0) is 37.6 Å². The number of benzene rings is 2. The zero-order valence-electron chi connectivity index (χ0n) is 15.2. The molecular weight excluding hydrogens is 406 g/mol. The molecule has 0 aromatic heterocycles. The van der Waals surface area contributed by atoms with E-state index in [0.717, 1.165) is 10.5 Å². The van der Waals surface area contributed by atoms with Crippen molar-refractivity contribution in [2.24, 2.45) is 0 Å². The number of aryl methyl sites for hydroxylation is 1. The first-order valence-electron chi connectivity index (χ1n) is 8.23. The van der Waals surface area contributed by atoms with Gasteiger partial charge in [-0.25, -0.2) is 23.4 Å². The maximum absolute atomic E-state index is 12.7. The summed E-state index contributed by atoms with van der Waals surface area (Å²) in [4.78, 5) is 25.4. The highest BCUT2D eigenvalue weighted by Gasteiger charge is 2.29. The number of hydroxylamine groups is 1. The molecule has 1 atom stereocenters. The molecule has 0 saturated heterocycles. The number of sulfonamides is 1. The van der Waals surface area contributed by atoms with Crippen molar-refractivity contribution in [2.75, 3.05) is 0 Å². The van der Waals surface area contributed by atoms with Crippen molar-refractivity contribution in [1.82, 2.24) is 15.1 Å². The molecule has 0 radical (unpaired) electrons. The Bertz CT molecular complexity index is 963. The van der Waals surface area contributed by atoms with Gasteiger partial charge in [-0.2, -0.15) is 0 Å². The van der Waals surface area contributed by atoms with Crippen LogP contribution in [0.1, 0.15) is 18.1 Å². The SMILES string of the molecule is Cc1ccc(S(=O)(=O)NC(=O)N(Cc2ccccc2Cl)[C@@H](C)C(=O)NO)cc1. The number of nitrogens with zero attached hydrogens (tertiary/aromatic N) is 1. The van der Waals surface area contributed by atoms with Gasteiger partial charge in [-0.3, -0.25) is 10.0 Å². The standard InChI is InChI=1S/C18H20ClN3O5S/c1-12-7-9-15(10-8-12)28(26,27)21-18(24)22(13(2)17(23)20-25)11-14-5-3-4-6-16(14)19/h3-10,13,25H,11H2,1-2H3,(H,20,23)(H,21,24)/t13-/m0/s1. The first kappa shape index (κ1) is 21.7. The van der Waals surface area contributed by atoms with Gasteiger partial charge in [0.25, 0.3) is 15.9 Å². The second kappa shape index (κ2) is 9.05. The molecule has 10 heteroatoms. The highest BCUT2D eigenvalue weighted by Crippen LogP contribution is 2.19. The Balaban J connectivity index is 2.31. The Kier molecular flexibility index (Phi) is 7.00. The van der Waals surface area contributed by atoms with Crippen LogP contribution in [-0.2, 0) is 21.4 Å². The molecule has 0 spiro atoms. The predicted molar refractivity (Wildman–Crippen MR) is 103 cm³/mol. The molecule has 0 bridgehead atoms. The molecule has 0 unspecified atom stereocenters. The van der Waals surface area contributed by atoms with E-state index in [2.05, 4.69) is 0 Å². The highest BCUT2D eigenvalue weighted by molar-refractivity contribution is 7.90. The average Bonchev–Trinajstić information content (AvgIpc) is 2.66. The van der Waals surface area contributed by atoms with Crippen LogP contribution >= 0.6 is 11.6 Å². The molecule has 8 nitrogen and oxygen atoms in total. The van der Waals surface area contributed by atoms with Gasteiger partial charge in [0.15, 0.2) is 0 Å². The number of nitrogens with one attached hydrogen (secondary N) is 2. The Morgan fingerprint density at radius 2 is 1.75 bits per heavy atom. The second-order valence-electron chi connectivity index (χ2n) is 6.10. The van der Waals surface area contributed by atoms with Gasteiger partial charge in [0.05, 0.1) is 4.90 Å². The minimum atomic E-state index is -4.16. The molecule has 2 aromatic carbocycles. The van der Waals surface area contributed by atoms with Crippen molar-refractivity contribution >= 4 is 33.6 Å². The highest BCUT2D eigenvalue weighted by atomic mass is 35.5. The number of halogens is 1. The molecule has 28 heavy (non-hydrogen) atoms. The molecule has 2 rings (SSSR count). The van der Waals surface area contributed by atoms with Crippen LogP contribution in [0.3, 0.4) is 0 Å². The van der Waals surface area contributed by atoms with E-state index in [1.54, 1.807) is 43.3 Å². The van der Waals surface area contributed by atoms with Gasteiger partial charge in [-0.15, -0.1) is 0 Å². The molecule has 3 amide bonds. The van der Waals surface area contributed by atoms with E-state index in [-0.39, 0.29) is 11.4 Å². The Hall–Kier alpha value is -2.62. The fourth-order valence-electron chi connectivity index (χ4n) is 2.38. The van der Waals surface area contributed by atoms with Crippen molar-refractivity contribution in [2.45, 2.75) is 31.3 Å². The largest absolute Gasteiger partial charge is 0.332 e. The molecule has 0 aliphatic heterocycles. The third kappa shape index (κ3) is 5.22. The minimum Gasteiger partial charge on any atom is -0.308 e. The maximum atomic E-state index is 12.7. The molecule has 150 valence electrons. The minimum absolute atomic E-state index is 0.0941. The summed E-state index contributed by atoms with van der Waals surface area (Å²) in [5.74, 6) is -0.880. The van der Waals surface area contributed by atoms with E-state index in [0.29, 0.717) is 10.6 Å². The van der Waals surface area contributed by atoms with Crippen LogP contribution in [0, 0.1) is 6.92 Å². The molecule has 2 aromatic rings. The van der Waals surface area contributed by atoms with Crippen molar-refractivity contribution in [1.29, 1.82) is 0 Å². The van der Waals surface area contributed by atoms with Crippen molar-refractivity contribution < 1.29 is 23.2 Å². The molecule has 0 heterocycles. The normalized spacial score (nSPS) is 12.1. The monoisotopic (exact) mass is 425 g/mol. The Morgan fingerprint density at radius 3 is 2.32 bits per heavy atom. The third-order valence-electron chi connectivity index (χ3n) is 4.07. The van der Waals surface area contributed by atoms with Gasteiger partial charge in [-0.1, -0.05) is 47.5 Å². The predicted octanol–water partition coefficient (Wildman–Crippen LogP) is 2.44. The van der Waals surface area contributed by atoms with Crippen LogP contribution in [0.4, 0.5) is 4.79 Å². The zero-order valence-corrected chi connectivity index (χ0v) is 16.8. The second-order valence-corrected chi connectivity index (χ2v) is 8.18. The van der Waals surface area contributed by atoms with E-state index >= 15 is 0 Å². The first-order valence-corrected chi connectivity index (χ1v) is 10.1. The number of carbonyl (C=O) groups excluding carboxylic acids is 2. The molecule has 3 N–H and O–H groups in total. The molecule has 0 aliphatic rings. The Labute approximate surface area is 168 Å². The van der Waals surface area contributed by atoms with Gasteiger partial charge in [0.1, 0.15) is 6.04 Å². The Morgan fingerprint density at radius 1 is 1.14 bits per heavy atom. The lowest BCUT2D eigenvalue weighted by Crippen LogP contribution is -2.51. The molecule has 0 aliphatic carbocycles. The number of urea groups is 1. The van der Waals surface area contributed by atoms with Crippen molar-refractivity contribution in [3.8, 4) is 0 Å². The number of amides is 3. The molecule has 0 saturated carbocycles. The zero-order chi connectivity index (χ0) is 20.9. The summed E-state index contributed by atoms with van der Waals surface area (Å²) >= 11 is 6.11. The van der Waals surface area contributed by atoms with Crippen LogP contribution in [0.15, 0.2) is 53.4 Å². The van der Waals surface area contributed by atoms with Crippen molar-refractivity contribution in [3.05, 3.63) is 64.7 Å². The van der Waals surface area contributed by atoms with Gasteiger partial charge in [0, 0.05) is 11.6 Å². The fraction of sp³-hybridized carbons (Fsp3) is 0.222. The smallest absolute Gasteiger partial charge is 0.308 e. The summed E-state index contributed by atoms with van der Waals surface area (Å²) < 4.78 is 27.0. The summed E-state index contributed by atoms with van der Waals surface area (Å²) in [7, 11) is -4.16. The quantitative estimate of drug-likeness (QED) is 0.485. The number of rotatable bonds is 6. The summed E-state index contributed by atoms with van der Waals surface area (Å²) in [6, 6.07) is 10.4. The number of hydrogen-bond donors (Lipinski definition) is 3. The maximum Gasteiger partial charge on any atom is 0.332 e. The third-order valence-corrected chi connectivity index (χ3v) is 5.77. The molecular formula is C18H20ClN3O5S. The lowest BCUT2D eigenvalue weighted by Gasteiger charge is -2.28. The van der Waals surface area contributed by atoms with Crippen LogP contribution < -0.4 is 10.2 Å². The van der Waals surface area contributed by atoms with Crippen LogP contribution in [0.2, 0.25) is 5.02 Å². The summed E-state index contributed by atoms with van der Waals surface area (Å²) in [6.45, 7) is 3.00. The van der Waals surface area contributed by atoms with Crippen LogP contribution in [0.5, 0.6) is 0 Å². The lowest BCUT2D eigenvalue weighted by molar-refractivity contribution is -0.133. The lowest BCUT2D eigenvalue weighted by atomic mass is 10.2.